The van der Waals surface area contributed by atoms with E-state index >= 15 is 0 Å². The van der Waals surface area contributed by atoms with E-state index in [1.165, 1.54) is 6.33 Å². The molecule has 0 bridgehead atoms. The first-order valence-corrected chi connectivity index (χ1v) is 8.31. The van der Waals surface area contributed by atoms with Crippen LogP contribution in [-0.4, -0.2) is 34.1 Å². The number of aromatic nitrogens is 7. The highest BCUT2D eigenvalue weighted by Crippen LogP contribution is 2.23. The van der Waals surface area contributed by atoms with E-state index in [0.717, 1.165) is 17.0 Å². The van der Waals surface area contributed by atoms with Crippen LogP contribution in [0.3, 0.4) is 0 Å². The molecule has 4 heterocycles. The maximum Gasteiger partial charge on any atom is 0.167 e. The first kappa shape index (κ1) is 15.3. The first-order valence-electron chi connectivity index (χ1n) is 8.31. The molecule has 132 valence electrons. The van der Waals surface area contributed by atoms with Crippen LogP contribution in [0.1, 0.15) is 5.82 Å². The molecule has 0 saturated carbocycles. The number of pyridine rings is 1. The van der Waals surface area contributed by atoms with E-state index in [1.807, 2.05) is 45.5 Å². The number of para-hydroxylation sites is 1. The average Bonchev–Trinajstić information content (AvgIpc) is 3.25. The summed E-state index contributed by atoms with van der Waals surface area (Å²) in [6.07, 6.45) is 3.12. The summed E-state index contributed by atoms with van der Waals surface area (Å²) in [6.45, 7) is 0.443. The standard InChI is InChI=1S/C18H15N9/c19-13-7-6-12-17(25-13)27(11-4-2-1-3-5-11)14(24-12)8-26-10-23-15-16(20)21-9-22-18(15)26/h1-7,9-10H,8H2,(H2,19,25)(H2,20,21,22). The van der Waals surface area contributed by atoms with Gasteiger partial charge in [0.1, 0.15) is 29.0 Å². The van der Waals surface area contributed by atoms with Gasteiger partial charge < -0.3 is 16.0 Å². The van der Waals surface area contributed by atoms with Gasteiger partial charge in [-0.05, 0) is 24.3 Å². The molecule has 0 spiro atoms. The van der Waals surface area contributed by atoms with Gasteiger partial charge in [-0.2, -0.15) is 0 Å². The minimum absolute atomic E-state index is 0.352. The van der Waals surface area contributed by atoms with Crippen molar-refractivity contribution in [1.29, 1.82) is 0 Å². The van der Waals surface area contributed by atoms with Crippen molar-refractivity contribution in [3.8, 4) is 5.69 Å². The Kier molecular flexibility index (Phi) is 3.26. The monoisotopic (exact) mass is 357 g/mol. The summed E-state index contributed by atoms with van der Waals surface area (Å²) in [5.41, 5.74) is 15.4. The Morgan fingerprint density at radius 2 is 1.70 bits per heavy atom. The maximum absolute atomic E-state index is 5.91. The highest BCUT2D eigenvalue weighted by molar-refractivity contribution is 5.81. The molecule has 0 atom stereocenters. The molecule has 0 radical (unpaired) electrons. The number of hydrogen-bond acceptors (Lipinski definition) is 7. The van der Waals surface area contributed by atoms with Crippen LogP contribution >= 0.6 is 0 Å². The molecule has 0 fully saturated rings. The molecular weight excluding hydrogens is 342 g/mol. The Balaban J connectivity index is 1.72. The van der Waals surface area contributed by atoms with Crippen molar-refractivity contribution in [3.05, 3.63) is 60.9 Å². The van der Waals surface area contributed by atoms with E-state index in [1.54, 1.807) is 12.4 Å². The zero-order chi connectivity index (χ0) is 18.4. The highest BCUT2D eigenvalue weighted by Gasteiger charge is 2.16. The fourth-order valence-electron chi connectivity index (χ4n) is 3.14. The Morgan fingerprint density at radius 1 is 0.852 bits per heavy atom. The van der Waals surface area contributed by atoms with Crippen LogP contribution in [0.25, 0.3) is 28.0 Å². The third-order valence-electron chi connectivity index (χ3n) is 4.35. The number of fused-ring (bicyclic) bond motifs is 2. The van der Waals surface area contributed by atoms with Crippen molar-refractivity contribution < 1.29 is 0 Å². The topological polar surface area (TPSA) is 126 Å². The van der Waals surface area contributed by atoms with Crippen LogP contribution in [0.5, 0.6) is 0 Å². The zero-order valence-electron chi connectivity index (χ0n) is 14.2. The smallest absolute Gasteiger partial charge is 0.167 e. The number of anilines is 2. The van der Waals surface area contributed by atoms with Gasteiger partial charge >= 0.3 is 0 Å². The summed E-state index contributed by atoms with van der Waals surface area (Å²) in [5.74, 6) is 1.58. The second-order valence-corrected chi connectivity index (χ2v) is 6.08. The van der Waals surface area contributed by atoms with Crippen LogP contribution in [0.15, 0.2) is 55.1 Å². The first-order chi connectivity index (χ1) is 13.2. The summed E-state index contributed by atoms with van der Waals surface area (Å²) in [5, 5.41) is 0. The van der Waals surface area contributed by atoms with Crippen molar-refractivity contribution in [2.75, 3.05) is 11.5 Å². The Hall–Kier alpha value is -4.01. The minimum atomic E-state index is 0.352. The zero-order valence-corrected chi connectivity index (χ0v) is 14.2. The van der Waals surface area contributed by atoms with Crippen molar-refractivity contribution in [2.24, 2.45) is 0 Å². The number of nitrogens with two attached hydrogens (primary N) is 2. The molecule has 0 unspecified atom stereocenters. The van der Waals surface area contributed by atoms with Crippen molar-refractivity contribution in [3.63, 3.8) is 0 Å². The molecule has 9 heteroatoms. The van der Waals surface area contributed by atoms with Gasteiger partial charge in [0, 0.05) is 5.69 Å². The van der Waals surface area contributed by atoms with Gasteiger partial charge in [0.2, 0.25) is 0 Å². The molecule has 4 aromatic heterocycles. The summed E-state index contributed by atoms with van der Waals surface area (Å²) in [4.78, 5) is 21.9. The van der Waals surface area contributed by atoms with E-state index < -0.39 is 0 Å². The molecule has 5 rings (SSSR count). The van der Waals surface area contributed by atoms with Crippen LogP contribution in [0.4, 0.5) is 11.6 Å². The predicted octanol–water partition coefficient (Wildman–Crippen LogP) is 1.77. The molecule has 0 aliphatic heterocycles. The predicted molar refractivity (Wildman–Crippen MR) is 102 cm³/mol. The molecule has 0 aliphatic carbocycles. The van der Waals surface area contributed by atoms with Crippen LogP contribution < -0.4 is 11.5 Å². The third kappa shape index (κ3) is 2.44. The van der Waals surface area contributed by atoms with Crippen molar-refractivity contribution in [1.82, 2.24) is 34.1 Å². The fraction of sp³-hybridized carbons (Fsp3) is 0.0556. The molecule has 4 N–H and O–H groups in total. The van der Waals surface area contributed by atoms with Crippen LogP contribution in [0, 0.1) is 0 Å². The largest absolute Gasteiger partial charge is 0.384 e. The number of nitrogen functional groups attached to an aromatic ring is 2. The van der Waals surface area contributed by atoms with Crippen molar-refractivity contribution >= 4 is 34.0 Å². The summed E-state index contributed by atoms with van der Waals surface area (Å²) < 4.78 is 3.87. The molecule has 1 aromatic carbocycles. The lowest BCUT2D eigenvalue weighted by atomic mass is 10.3. The molecule has 9 nitrogen and oxygen atoms in total. The van der Waals surface area contributed by atoms with E-state index in [2.05, 4.69) is 19.9 Å². The Labute approximate surface area is 153 Å². The van der Waals surface area contributed by atoms with Gasteiger partial charge in [0.05, 0.1) is 12.9 Å². The Morgan fingerprint density at radius 3 is 2.56 bits per heavy atom. The summed E-state index contributed by atoms with van der Waals surface area (Å²) >= 11 is 0. The number of nitrogens with zero attached hydrogens (tertiary/aromatic N) is 7. The van der Waals surface area contributed by atoms with Gasteiger partial charge in [0.25, 0.3) is 0 Å². The van der Waals surface area contributed by atoms with Gasteiger partial charge in [-0.1, -0.05) is 18.2 Å². The maximum atomic E-state index is 5.91. The van der Waals surface area contributed by atoms with Gasteiger partial charge in [0.15, 0.2) is 17.1 Å². The van der Waals surface area contributed by atoms with E-state index in [-0.39, 0.29) is 0 Å². The van der Waals surface area contributed by atoms with E-state index in [0.29, 0.717) is 35.0 Å². The molecule has 5 aromatic rings. The van der Waals surface area contributed by atoms with Crippen molar-refractivity contribution in [2.45, 2.75) is 6.54 Å². The Bertz CT molecular complexity index is 1270. The average molecular weight is 357 g/mol. The normalized spacial score (nSPS) is 11.4. The number of benzene rings is 1. The molecule has 0 saturated heterocycles. The van der Waals surface area contributed by atoms with Gasteiger partial charge in [-0.15, -0.1) is 0 Å². The van der Waals surface area contributed by atoms with Gasteiger partial charge in [-0.25, -0.2) is 24.9 Å². The van der Waals surface area contributed by atoms with E-state index in [4.69, 9.17) is 16.5 Å². The summed E-state index contributed by atoms with van der Waals surface area (Å²) in [6, 6.07) is 13.5. The molecule has 27 heavy (non-hydrogen) atoms. The second kappa shape index (κ2) is 5.77. The SMILES string of the molecule is Nc1ccc2nc(Cn3cnc4c(N)ncnc43)n(-c3ccccc3)c2n1. The third-order valence-corrected chi connectivity index (χ3v) is 4.35. The molecule has 0 amide bonds. The lowest BCUT2D eigenvalue weighted by Crippen LogP contribution is -2.08. The fourth-order valence-corrected chi connectivity index (χ4v) is 3.14. The van der Waals surface area contributed by atoms with Crippen LogP contribution in [0.2, 0.25) is 0 Å². The lowest BCUT2D eigenvalue weighted by Gasteiger charge is -2.09. The minimum Gasteiger partial charge on any atom is -0.384 e. The number of imidazole rings is 2. The highest BCUT2D eigenvalue weighted by atomic mass is 15.2. The molecular formula is C18H15N9. The second-order valence-electron chi connectivity index (χ2n) is 6.08. The quantitative estimate of drug-likeness (QED) is 0.504. The van der Waals surface area contributed by atoms with E-state index in [9.17, 15) is 0 Å². The summed E-state index contributed by atoms with van der Waals surface area (Å²) in [7, 11) is 0. The molecule has 0 aliphatic rings. The lowest BCUT2D eigenvalue weighted by molar-refractivity contribution is 0.744. The van der Waals surface area contributed by atoms with Gasteiger partial charge in [-0.3, -0.25) is 4.57 Å². The number of hydrogen-bond donors (Lipinski definition) is 2. The van der Waals surface area contributed by atoms with Crippen LogP contribution in [-0.2, 0) is 6.54 Å². The number of rotatable bonds is 3.